The van der Waals surface area contributed by atoms with Gasteiger partial charge in [0, 0.05) is 52.4 Å². The summed E-state index contributed by atoms with van der Waals surface area (Å²) < 4.78 is 56.9. The van der Waals surface area contributed by atoms with Crippen molar-refractivity contribution in [2.24, 2.45) is 17.8 Å². The second-order valence-corrected chi connectivity index (χ2v) is 17.1. The maximum atomic E-state index is 14.4. The van der Waals surface area contributed by atoms with Gasteiger partial charge in [-0.1, -0.05) is 26.8 Å². The monoisotopic (exact) mass is 813 g/mol. The molecule has 3 aliphatic heterocycles. The first-order valence-electron chi connectivity index (χ1n) is 20.4. The molecule has 1 amide bonds. The Bertz CT molecular complexity index is 1410. The summed E-state index contributed by atoms with van der Waals surface area (Å²) in [6.07, 6.45) is -3.60. The molecule has 0 radical (unpaired) electrons. The van der Waals surface area contributed by atoms with Crippen LogP contribution < -0.4 is 5.32 Å². The zero-order chi connectivity index (χ0) is 43.2. The van der Waals surface area contributed by atoms with Gasteiger partial charge in [-0.25, -0.2) is 0 Å². The molecule has 3 rings (SSSR count). The highest BCUT2D eigenvalue weighted by molar-refractivity contribution is 5.79. The largest absolute Gasteiger partial charge is 0.458 e. The van der Waals surface area contributed by atoms with Crippen LogP contribution in [0, 0.1) is 17.8 Å². The van der Waals surface area contributed by atoms with E-state index in [1.165, 1.54) is 21.0 Å². The molecule has 3 heterocycles. The molecule has 0 aromatic rings. The van der Waals surface area contributed by atoms with E-state index >= 15 is 0 Å². The number of ether oxygens (including phenoxy) is 9. The summed E-state index contributed by atoms with van der Waals surface area (Å²) >= 11 is 0. The molecule has 2 fully saturated rings. The van der Waals surface area contributed by atoms with E-state index in [0.717, 1.165) is 5.57 Å². The van der Waals surface area contributed by atoms with Crippen molar-refractivity contribution in [2.45, 2.75) is 187 Å². The van der Waals surface area contributed by atoms with Gasteiger partial charge in [-0.3, -0.25) is 19.2 Å². The fraction of sp³-hybridized carbons (Fsp3) is 0.857. The Morgan fingerprint density at radius 3 is 2.02 bits per heavy atom. The van der Waals surface area contributed by atoms with E-state index in [-0.39, 0.29) is 36.9 Å². The number of carbonyl (C=O) groups excluding carboxylic acids is 4. The summed E-state index contributed by atoms with van der Waals surface area (Å²) in [5, 5.41) is 3.09. The van der Waals surface area contributed by atoms with E-state index in [0.29, 0.717) is 12.8 Å². The minimum atomic E-state index is -1.21. The van der Waals surface area contributed by atoms with Crippen LogP contribution in [-0.2, 0) is 61.8 Å². The van der Waals surface area contributed by atoms with Gasteiger partial charge in [0.05, 0.1) is 42.0 Å². The fourth-order valence-corrected chi connectivity index (χ4v) is 8.76. The maximum Gasteiger partial charge on any atom is 0.311 e. The number of nitrogens with zero attached hydrogens (tertiary/aromatic N) is 1. The Kier molecular flexibility index (Phi) is 17.6. The topological polar surface area (TPSA) is 167 Å². The van der Waals surface area contributed by atoms with E-state index in [4.69, 9.17) is 42.6 Å². The van der Waals surface area contributed by atoms with Gasteiger partial charge in [0.1, 0.15) is 11.7 Å². The molecule has 0 spiro atoms. The predicted molar refractivity (Wildman–Crippen MR) is 211 cm³/mol. The van der Waals surface area contributed by atoms with Crippen molar-refractivity contribution in [2.75, 3.05) is 28.3 Å². The maximum absolute atomic E-state index is 14.4. The average molecular weight is 813 g/mol. The molecular weight excluding hydrogens is 740 g/mol. The van der Waals surface area contributed by atoms with Crippen LogP contribution in [0.4, 0.5) is 0 Å². The zero-order valence-corrected chi connectivity index (χ0v) is 37.2. The van der Waals surface area contributed by atoms with Gasteiger partial charge in [0.2, 0.25) is 5.91 Å². The highest BCUT2D eigenvalue weighted by atomic mass is 16.7. The molecule has 0 aliphatic carbocycles. The fourth-order valence-electron chi connectivity index (χ4n) is 8.76. The number of amides is 1. The standard InChI is InChI=1S/C42H72N2O13/c1-17-32-22(2)18-24(4)43-38(47)23(3)20-41(11,49-15)36(57-40-35(53-29(9)45)31(44(13)14)19-25(5)51-40)26(6)34(27(7)39(48)55-32)56-33-21-42(12,50-16)37(28(8)52-33)54-30(10)46/h18,23-28,31-37,40H,17,19-21H2,1-16H3,(H,43,47)/b22-18+/t23-,24-,25-,26+,27-,28+,31+,32-,33+,34+,35-,36-,37+,40+,41-,42-/m1/s1. The number of cyclic esters (lactones) is 1. The number of rotatable bonds is 10. The molecule has 0 aromatic carbocycles. The van der Waals surface area contributed by atoms with E-state index < -0.39 is 96.1 Å². The highest BCUT2D eigenvalue weighted by Crippen LogP contribution is 2.41. The van der Waals surface area contributed by atoms with Crippen molar-refractivity contribution in [1.29, 1.82) is 0 Å². The van der Waals surface area contributed by atoms with Crippen LogP contribution >= 0.6 is 0 Å². The van der Waals surface area contributed by atoms with Crippen LogP contribution in [-0.4, -0.2) is 136 Å². The second kappa shape index (κ2) is 20.5. The van der Waals surface area contributed by atoms with E-state index in [1.807, 2.05) is 80.5 Å². The third-order valence-electron chi connectivity index (χ3n) is 12.0. The van der Waals surface area contributed by atoms with Crippen molar-refractivity contribution in [3.63, 3.8) is 0 Å². The molecule has 1 N–H and O–H groups in total. The average Bonchev–Trinajstić information content (AvgIpc) is 3.12. The second-order valence-electron chi connectivity index (χ2n) is 17.1. The number of methoxy groups -OCH3 is 2. The minimum Gasteiger partial charge on any atom is -0.458 e. The first kappa shape index (κ1) is 48.7. The molecule has 15 heteroatoms. The van der Waals surface area contributed by atoms with Gasteiger partial charge in [-0.15, -0.1) is 0 Å². The Labute approximate surface area is 340 Å². The van der Waals surface area contributed by atoms with Crippen molar-refractivity contribution in [3.05, 3.63) is 11.6 Å². The number of hydrogen-bond donors (Lipinski definition) is 1. The third kappa shape index (κ3) is 12.2. The SMILES string of the molecule is CC[C@H]1OC(=O)[C@H](C)[C@@H](O[C@H]2C[C@@](C)(OC)[C@@H](OC(C)=O)[C@H](C)O2)[C@H](C)[C@@H](O[C@@H]2O[C@H](C)C[C@H](N(C)C)[C@H]2OC(C)=O)[C@](C)(OC)C[C@@H](C)C(=O)N[C@H](C)/C=C/1C. The van der Waals surface area contributed by atoms with Crippen LogP contribution in [0.15, 0.2) is 11.6 Å². The summed E-state index contributed by atoms with van der Waals surface area (Å²) in [6, 6.07) is -0.607. The molecular formula is C42H72N2O13. The Hall–Kier alpha value is -2.66. The minimum absolute atomic E-state index is 0.153. The summed E-state index contributed by atoms with van der Waals surface area (Å²) in [7, 11) is 6.91. The summed E-state index contributed by atoms with van der Waals surface area (Å²) in [4.78, 5) is 54.8. The van der Waals surface area contributed by atoms with E-state index in [1.54, 1.807) is 21.0 Å². The van der Waals surface area contributed by atoms with E-state index in [9.17, 15) is 19.2 Å². The Balaban J connectivity index is 2.25. The summed E-state index contributed by atoms with van der Waals surface area (Å²) in [5.74, 6) is -3.80. The number of hydrogen-bond acceptors (Lipinski definition) is 14. The highest BCUT2D eigenvalue weighted by Gasteiger charge is 2.53. The molecule has 0 unspecified atom stereocenters. The van der Waals surface area contributed by atoms with Crippen molar-refractivity contribution in [3.8, 4) is 0 Å². The molecule has 328 valence electrons. The van der Waals surface area contributed by atoms with Gasteiger partial charge >= 0.3 is 17.9 Å². The number of esters is 3. The Morgan fingerprint density at radius 2 is 1.47 bits per heavy atom. The molecule has 57 heavy (non-hydrogen) atoms. The summed E-state index contributed by atoms with van der Waals surface area (Å²) in [6.45, 7) is 21.2. The Morgan fingerprint density at radius 1 is 0.877 bits per heavy atom. The van der Waals surface area contributed by atoms with Crippen LogP contribution in [0.5, 0.6) is 0 Å². The smallest absolute Gasteiger partial charge is 0.311 e. The lowest BCUT2D eigenvalue weighted by Crippen LogP contribution is -2.61. The third-order valence-corrected chi connectivity index (χ3v) is 12.0. The van der Waals surface area contributed by atoms with Gasteiger partial charge in [0.25, 0.3) is 0 Å². The van der Waals surface area contributed by atoms with Crippen molar-refractivity contribution >= 4 is 23.8 Å². The lowest BCUT2D eigenvalue weighted by molar-refractivity contribution is -0.320. The van der Waals surface area contributed by atoms with Gasteiger partial charge < -0.3 is 52.8 Å². The predicted octanol–water partition coefficient (Wildman–Crippen LogP) is 4.72. The zero-order valence-electron chi connectivity index (χ0n) is 37.2. The number of likely N-dealkylation sites (N-methyl/N-ethyl adjacent to an activating group) is 1. The molecule has 0 saturated carbocycles. The van der Waals surface area contributed by atoms with Gasteiger partial charge in [-0.05, 0) is 87.4 Å². The lowest BCUT2D eigenvalue weighted by Gasteiger charge is -2.50. The van der Waals surface area contributed by atoms with Crippen LogP contribution in [0.3, 0.4) is 0 Å². The summed E-state index contributed by atoms with van der Waals surface area (Å²) in [5.41, 5.74) is -1.41. The number of carbonyl (C=O) groups is 4. The molecule has 3 aliphatic rings. The van der Waals surface area contributed by atoms with Crippen LogP contribution in [0.1, 0.15) is 109 Å². The van der Waals surface area contributed by atoms with Crippen LogP contribution in [0.2, 0.25) is 0 Å². The molecule has 0 aromatic heterocycles. The molecule has 0 bridgehead atoms. The molecule has 15 nitrogen and oxygen atoms in total. The van der Waals surface area contributed by atoms with Crippen LogP contribution in [0.25, 0.3) is 0 Å². The van der Waals surface area contributed by atoms with Crippen molar-refractivity contribution < 1.29 is 61.8 Å². The normalized spacial score (nSPS) is 42.4. The van der Waals surface area contributed by atoms with E-state index in [2.05, 4.69) is 5.32 Å². The molecule has 2 saturated heterocycles. The van der Waals surface area contributed by atoms with Gasteiger partial charge in [-0.2, -0.15) is 0 Å². The first-order chi connectivity index (χ1) is 26.5. The van der Waals surface area contributed by atoms with Crippen molar-refractivity contribution in [1.82, 2.24) is 10.2 Å². The van der Waals surface area contributed by atoms with Gasteiger partial charge in [0.15, 0.2) is 24.8 Å². The molecule has 16 atom stereocenters. The first-order valence-corrected chi connectivity index (χ1v) is 20.4. The quantitative estimate of drug-likeness (QED) is 0.183. The number of nitrogens with one attached hydrogen (secondary N) is 1. The lowest BCUT2D eigenvalue weighted by atomic mass is 9.77.